The van der Waals surface area contributed by atoms with Crippen LogP contribution >= 0.6 is 0 Å². The van der Waals surface area contributed by atoms with Crippen LogP contribution in [0.1, 0.15) is 29.7 Å². The van der Waals surface area contributed by atoms with Crippen molar-refractivity contribution in [2.45, 2.75) is 19.5 Å². The predicted molar refractivity (Wildman–Crippen MR) is 79.4 cm³/mol. The summed E-state index contributed by atoms with van der Waals surface area (Å²) in [5, 5.41) is 12.2. The molecule has 2 rings (SSSR count). The summed E-state index contributed by atoms with van der Waals surface area (Å²) in [6, 6.07) is 14.4. The first kappa shape index (κ1) is 15.0. The van der Waals surface area contributed by atoms with Crippen LogP contribution in [0.15, 0.2) is 42.5 Å². The number of nitriles is 1. The van der Waals surface area contributed by atoms with Crippen molar-refractivity contribution in [1.82, 2.24) is 5.32 Å². The lowest BCUT2D eigenvalue weighted by atomic mass is 10.1. The second kappa shape index (κ2) is 6.87. The number of rotatable bonds is 5. The van der Waals surface area contributed by atoms with E-state index in [1.807, 2.05) is 30.3 Å². The Balaban J connectivity index is 2.00. The fourth-order valence-electron chi connectivity index (χ4n) is 2.05. The van der Waals surface area contributed by atoms with Crippen LogP contribution < -0.4 is 10.1 Å². The largest absolute Gasteiger partial charge is 0.497 e. The van der Waals surface area contributed by atoms with Crippen molar-refractivity contribution in [2.75, 3.05) is 7.11 Å². The summed E-state index contributed by atoms with van der Waals surface area (Å²) in [6.45, 7) is 2.62. The SMILES string of the molecule is COc1ccc(C(C)NCc2ccc(F)c(C#N)c2)cc1. The van der Waals surface area contributed by atoms with E-state index in [9.17, 15) is 4.39 Å². The van der Waals surface area contributed by atoms with Crippen LogP contribution in [0, 0.1) is 17.1 Å². The average molecular weight is 284 g/mol. The van der Waals surface area contributed by atoms with E-state index in [0.717, 1.165) is 16.9 Å². The summed E-state index contributed by atoms with van der Waals surface area (Å²) in [6.07, 6.45) is 0. The maximum atomic E-state index is 13.3. The highest BCUT2D eigenvalue weighted by molar-refractivity contribution is 5.34. The van der Waals surface area contributed by atoms with E-state index >= 15 is 0 Å². The third kappa shape index (κ3) is 3.80. The number of benzene rings is 2. The second-order valence-corrected chi connectivity index (χ2v) is 4.80. The van der Waals surface area contributed by atoms with E-state index in [2.05, 4.69) is 12.2 Å². The highest BCUT2D eigenvalue weighted by atomic mass is 19.1. The fourth-order valence-corrected chi connectivity index (χ4v) is 2.05. The molecule has 0 aromatic heterocycles. The van der Waals surface area contributed by atoms with Gasteiger partial charge in [-0.3, -0.25) is 0 Å². The normalized spacial score (nSPS) is 11.7. The Morgan fingerprint density at radius 1 is 1.24 bits per heavy atom. The number of nitrogens with zero attached hydrogens (tertiary/aromatic N) is 1. The molecule has 4 heteroatoms. The van der Waals surface area contributed by atoms with Gasteiger partial charge in [-0.15, -0.1) is 0 Å². The molecule has 0 amide bonds. The molecule has 0 aliphatic heterocycles. The number of nitrogens with one attached hydrogen (secondary N) is 1. The van der Waals surface area contributed by atoms with Gasteiger partial charge < -0.3 is 10.1 Å². The molecule has 0 bridgehead atoms. The minimum absolute atomic E-state index is 0.0754. The van der Waals surface area contributed by atoms with Gasteiger partial charge in [0.2, 0.25) is 0 Å². The van der Waals surface area contributed by atoms with Crippen LogP contribution in [-0.2, 0) is 6.54 Å². The Morgan fingerprint density at radius 3 is 2.57 bits per heavy atom. The number of halogens is 1. The molecule has 21 heavy (non-hydrogen) atoms. The van der Waals surface area contributed by atoms with Gasteiger partial charge in [0.05, 0.1) is 12.7 Å². The minimum atomic E-state index is -0.482. The molecule has 108 valence electrons. The zero-order valence-corrected chi connectivity index (χ0v) is 12.1. The van der Waals surface area contributed by atoms with Crippen molar-refractivity contribution in [2.24, 2.45) is 0 Å². The van der Waals surface area contributed by atoms with Gasteiger partial charge >= 0.3 is 0 Å². The molecule has 0 saturated carbocycles. The topological polar surface area (TPSA) is 45.0 Å². The van der Waals surface area contributed by atoms with Crippen LogP contribution in [0.2, 0.25) is 0 Å². The molecule has 1 atom stereocenters. The zero-order chi connectivity index (χ0) is 15.2. The van der Waals surface area contributed by atoms with Gasteiger partial charge in [0.15, 0.2) is 0 Å². The highest BCUT2D eigenvalue weighted by Crippen LogP contribution is 2.18. The van der Waals surface area contributed by atoms with Crippen LogP contribution in [0.25, 0.3) is 0 Å². The van der Waals surface area contributed by atoms with Gasteiger partial charge in [-0.2, -0.15) is 5.26 Å². The van der Waals surface area contributed by atoms with Gasteiger partial charge in [-0.25, -0.2) is 4.39 Å². The van der Waals surface area contributed by atoms with E-state index in [4.69, 9.17) is 10.00 Å². The zero-order valence-electron chi connectivity index (χ0n) is 12.1. The number of hydrogen-bond acceptors (Lipinski definition) is 3. The first-order chi connectivity index (χ1) is 10.1. The molecule has 0 aliphatic rings. The molecule has 2 aromatic carbocycles. The average Bonchev–Trinajstić information content (AvgIpc) is 2.53. The molecular weight excluding hydrogens is 267 g/mol. The van der Waals surface area contributed by atoms with Crippen LogP contribution in [-0.4, -0.2) is 7.11 Å². The molecule has 3 nitrogen and oxygen atoms in total. The Bertz CT molecular complexity index is 647. The van der Waals surface area contributed by atoms with Crippen molar-refractivity contribution in [3.8, 4) is 11.8 Å². The lowest BCUT2D eigenvalue weighted by molar-refractivity contribution is 0.414. The first-order valence-corrected chi connectivity index (χ1v) is 6.70. The molecule has 0 aliphatic carbocycles. The van der Waals surface area contributed by atoms with Crippen molar-refractivity contribution in [1.29, 1.82) is 5.26 Å². The van der Waals surface area contributed by atoms with Gasteiger partial charge in [-0.05, 0) is 42.3 Å². The monoisotopic (exact) mass is 284 g/mol. The fraction of sp³-hybridized carbons (Fsp3) is 0.235. The summed E-state index contributed by atoms with van der Waals surface area (Å²) in [5.74, 6) is 0.340. The Labute approximate surface area is 124 Å². The maximum absolute atomic E-state index is 13.3. The number of hydrogen-bond donors (Lipinski definition) is 1. The summed E-state index contributed by atoms with van der Waals surface area (Å²) >= 11 is 0. The van der Waals surface area contributed by atoms with Crippen molar-refractivity contribution in [3.05, 3.63) is 65.0 Å². The molecule has 0 heterocycles. The number of methoxy groups -OCH3 is 1. The first-order valence-electron chi connectivity index (χ1n) is 6.70. The molecule has 2 aromatic rings. The Kier molecular flexibility index (Phi) is 4.91. The highest BCUT2D eigenvalue weighted by Gasteiger charge is 2.07. The molecule has 1 unspecified atom stereocenters. The number of ether oxygens (including phenoxy) is 1. The predicted octanol–water partition coefficient (Wildman–Crippen LogP) is 3.56. The molecular formula is C17H17FN2O. The molecule has 0 saturated heterocycles. The van der Waals surface area contributed by atoms with Gasteiger partial charge in [0, 0.05) is 12.6 Å². The minimum Gasteiger partial charge on any atom is -0.497 e. The van der Waals surface area contributed by atoms with Crippen molar-refractivity contribution < 1.29 is 9.13 Å². The lowest BCUT2D eigenvalue weighted by Crippen LogP contribution is -2.18. The van der Waals surface area contributed by atoms with Crippen LogP contribution in [0.4, 0.5) is 4.39 Å². The Morgan fingerprint density at radius 2 is 1.95 bits per heavy atom. The van der Waals surface area contributed by atoms with Crippen LogP contribution in [0.5, 0.6) is 5.75 Å². The summed E-state index contributed by atoms with van der Waals surface area (Å²) in [5.41, 5.74) is 2.10. The van der Waals surface area contributed by atoms with Gasteiger partial charge in [-0.1, -0.05) is 18.2 Å². The van der Waals surface area contributed by atoms with Crippen LogP contribution in [0.3, 0.4) is 0 Å². The quantitative estimate of drug-likeness (QED) is 0.913. The lowest BCUT2D eigenvalue weighted by Gasteiger charge is -2.15. The van der Waals surface area contributed by atoms with E-state index in [1.165, 1.54) is 6.07 Å². The smallest absolute Gasteiger partial charge is 0.140 e. The summed E-state index contributed by atoms with van der Waals surface area (Å²) < 4.78 is 18.4. The second-order valence-electron chi connectivity index (χ2n) is 4.80. The standard InChI is InChI=1S/C17H17FN2O/c1-12(14-4-6-16(21-2)7-5-14)20-11-13-3-8-17(18)15(9-13)10-19/h3-9,12,20H,11H2,1-2H3. The van der Waals surface area contributed by atoms with E-state index in [1.54, 1.807) is 19.2 Å². The third-order valence-electron chi connectivity index (χ3n) is 3.38. The molecule has 1 N–H and O–H groups in total. The summed E-state index contributed by atoms with van der Waals surface area (Å²) in [7, 11) is 1.64. The van der Waals surface area contributed by atoms with Crippen molar-refractivity contribution >= 4 is 0 Å². The maximum Gasteiger partial charge on any atom is 0.140 e. The van der Waals surface area contributed by atoms with E-state index in [-0.39, 0.29) is 11.6 Å². The Hall–Kier alpha value is -2.38. The van der Waals surface area contributed by atoms with E-state index < -0.39 is 5.82 Å². The molecule has 0 fully saturated rings. The molecule has 0 spiro atoms. The van der Waals surface area contributed by atoms with Gasteiger partial charge in [0.25, 0.3) is 0 Å². The molecule has 0 radical (unpaired) electrons. The van der Waals surface area contributed by atoms with E-state index in [0.29, 0.717) is 6.54 Å². The summed E-state index contributed by atoms with van der Waals surface area (Å²) in [4.78, 5) is 0. The van der Waals surface area contributed by atoms with Crippen molar-refractivity contribution in [3.63, 3.8) is 0 Å². The third-order valence-corrected chi connectivity index (χ3v) is 3.38. The van der Waals surface area contributed by atoms with Gasteiger partial charge in [0.1, 0.15) is 17.6 Å².